The zero-order valence-electron chi connectivity index (χ0n) is 27.4. The highest BCUT2D eigenvalue weighted by atomic mass is 79.9. The number of rotatable bonds is 8. The Bertz CT molecular complexity index is 1510. The summed E-state index contributed by atoms with van der Waals surface area (Å²) in [5, 5.41) is 6.00. The van der Waals surface area contributed by atoms with E-state index in [1.165, 1.54) is 0 Å². The molecule has 0 spiro atoms. The SMILES string of the molecule is CN1CCC(N2CCC(C(=O)N[C@H](CC(=O)c3cc(Br)c(N)c(Br)c3)C(=O)N3CCC(N4Cc5ccccc5NC4=O)CC3)CC2)CC1. The van der Waals surface area contributed by atoms with Crippen molar-refractivity contribution in [1.29, 1.82) is 0 Å². The molecule has 48 heavy (non-hydrogen) atoms. The van der Waals surface area contributed by atoms with Gasteiger partial charge in [0.05, 0.1) is 5.69 Å². The van der Waals surface area contributed by atoms with Gasteiger partial charge in [-0.25, -0.2) is 4.79 Å². The highest BCUT2D eigenvalue weighted by Gasteiger charge is 2.37. The monoisotopic (exact) mass is 785 g/mol. The van der Waals surface area contributed by atoms with Gasteiger partial charge in [-0.1, -0.05) is 18.2 Å². The number of piperidine rings is 3. The van der Waals surface area contributed by atoms with Gasteiger partial charge in [0.25, 0.3) is 0 Å². The Hall–Kier alpha value is -3.00. The Labute approximate surface area is 299 Å². The fraction of sp³-hybridized carbons (Fsp3) is 0.543. The van der Waals surface area contributed by atoms with Crippen molar-refractivity contribution in [1.82, 2.24) is 24.9 Å². The topological polar surface area (TPSA) is 131 Å². The number of benzene rings is 2. The lowest BCUT2D eigenvalue weighted by atomic mass is 9.92. The van der Waals surface area contributed by atoms with Crippen LogP contribution in [-0.2, 0) is 16.1 Å². The smallest absolute Gasteiger partial charge is 0.322 e. The summed E-state index contributed by atoms with van der Waals surface area (Å²) in [6.45, 7) is 5.31. The molecule has 11 nitrogen and oxygen atoms in total. The molecule has 4 amide bonds. The second-order valence-corrected chi connectivity index (χ2v) is 15.4. The predicted molar refractivity (Wildman–Crippen MR) is 193 cm³/mol. The molecule has 4 aliphatic heterocycles. The normalized spacial score (nSPS) is 21.0. The molecule has 13 heteroatoms. The average Bonchev–Trinajstić information content (AvgIpc) is 3.10. The quantitative estimate of drug-likeness (QED) is 0.262. The third-order valence-corrected chi connectivity index (χ3v) is 11.9. The van der Waals surface area contributed by atoms with Crippen LogP contribution in [0.15, 0.2) is 45.3 Å². The molecule has 1 atom stereocenters. The molecule has 0 aromatic heterocycles. The minimum atomic E-state index is -0.992. The first-order valence-corrected chi connectivity index (χ1v) is 18.6. The van der Waals surface area contributed by atoms with Gasteiger partial charge in [-0.3, -0.25) is 14.4 Å². The fourth-order valence-electron chi connectivity index (χ4n) is 7.56. The van der Waals surface area contributed by atoms with E-state index in [4.69, 9.17) is 5.73 Å². The number of nitrogens with two attached hydrogens (primary N) is 1. The van der Waals surface area contributed by atoms with Crippen LogP contribution in [-0.4, -0.2) is 108 Å². The van der Waals surface area contributed by atoms with Crippen molar-refractivity contribution in [3.8, 4) is 0 Å². The molecule has 0 bridgehead atoms. The van der Waals surface area contributed by atoms with Gasteiger partial charge in [0.1, 0.15) is 6.04 Å². The predicted octanol–water partition coefficient (Wildman–Crippen LogP) is 4.70. The molecule has 0 unspecified atom stereocenters. The Kier molecular flexibility index (Phi) is 11.1. The van der Waals surface area contributed by atoms with Crippen LogP contribution in [0, 0.1) is 5.92 Å². The molecule has 2 aromatic rings. The molecule has 258 valence electrons. The summed E-state index contributed by atoms with van der Waals surface area (Å²) < 4.78 is 1.16. The van der Waals surface area contributed by atoms with Crippen LogP contribution in [0.2, 0.25) is 0 Å². The van der Waals surface area contributed by atoms with Crippen LogP contribution in [0.3, 0.4) is 0 Å². The first-order valence-electron chi connectivity index (χ1n) is 17.0. The summed E-state index contributed by atoms with van der Waals surface area (Å²) >= 11 is 6.82. The number of para-hydroxylation sites is 1. The van der Waals surface area contributed by atoms with E-state index >= 15 is 0 Å². The number of anilines is 2. The Morgan fingerprint density at radius 1 is 0.917 bits per heavy atom. The van der Waals surface area contributed by atoms with Crippen LogP contribution in [0.25, 0.3) is 0 Å². The van der Waals surface area contributed by atoms with Gasteiger partial charge in [-0.15, -0.1) is 0 Å². The van der Waals surface area contributed by atoms with Crippen LogP contribution in [0.5, 0.6) is 0 Å². The van der Waals surface area contributed by atoms with Gasteiger partial charge in [-0.2, -0.15) is 0 Å². The van der Waals surface area contributed by atoms with E-state index in [9.17, 15) is 19.2 Å². The Morgan fingerprint density at radius 2 is 1.54 bits per heavy atom. The number of hydrogen-bond donors (Lipinski definition) is 3. The molecule has 6 rings (SSSR count). The minimum Gasteiger partial charge on any atom is -0.397 e. The summed E-state index contributed by atoms with van der Waals surface area (Å²) in [6.07, 6.45) is 4.83. The number of urea groups is 1. The molecule has 0 aliphatic carbocycles. The first kappa shape index (κ1) is 34.8. The second-order valence-electron chi connectivity index (χ2n) is 13.7. The molecule has 4 N–H and O–H groups in total. The number of halogens is 2. The number of likely N-dealkylation sites (tertiary alicyclic amines) is 3. The molecule has 3 fully saturated rings. The molecule has 0 saturated carbocycles. The lowest BCUT2D eigenvalue weighted by Crippen LogP contribution is -2.56. The van der Waals surface area contributed by atoms with Gasteiger partial charge in [0.2, 0.25) is 11.8 Å². The number of nitrogens with zero attached hydrogens (tertiary/aromatic N) is 4. The number of carbonyl (C=O) groups is 4. The lowest BCUT2D eigenvalue weighted by Gasteiger charge is -2.42. The largest absolute Gasteiger partial charge is 0.397 e. The average molecular weight is 788 g/mol. The molecule has 2 aromatic carbocycles. The van der Waals surface area contributed by atoms with E-state index in [-0.39, 0.29) is 42.0 Å². The summed E-state index contributed by atoms with van der Waals surface area (Å²) in [7, 11) is 2.16. The van der Waals surface area contributed by atoms with Crippen LogP contribution in [0.1, 0.15) is 60.9 Å². The van der Waals surface area contributed by atoms with Crippen molar-refractivity contribution in [2.24, 2.45) is 5.92 Å². The van der Waals surface area contributed by atoms with Crippen molar-refractivity contribution in [3.05, 3.63) is 56.5 Å². The van der Waals surface area contributed by atoms with Crippen LogP contribution in [0.4, 0.5) is 16.2 Å². The first-order chi connectivity index (χ1) is 23.1. The van der Waals surface area contributed by atoms with Crippen molar-refractivity contribution < 1.29 is 19.2 Å². The zero-order chi connectivity index (χ0) is 33.9. The van der Waals surface area contributed by atoms with Crippen molar-refractivity contribution >= 4 is 66.9 Å². The number of carbonyl (C=O) groups excluding carboxylic acids is 4. The number of Topliss-reactive ketones (excluding diaryl/α,β-unsaturated/α-hetero) is 1. The summed E-state index contributed by atoms with van der Waals surface area (Å²) in [5.41, 5.74) is 8.83. The summed E-state index contributed by atoms with van der Waals surface area (Å²) in [6, 6.07) is 10.5. The number of amides is 4. The van der Waals surface area contributed by atoms with Gasteiger partial charge < -0.3 is 36.0 Å². The highest BCUT2D eigenvalue weighted by Crippen LogP contribution is 2.31. The van der Waals surface area contributed by atoms with Gasteiger partial charge in [-0.05, 0) is 127 Å². The number of nitrogen functional groups attached to an aromatic ring is 1. The molecule has 3 saturated heterocycles. The Balaban J connectivity index is 1.11. The molecule has 0 radical (unpaired) electrons. The van der Waals surface area contributed by atoms with Gasteiger partial charge in [0, 0.05) is 64.3 Å². The summed E-state index contributed by atoms with van der Waals surface area (Å²) in [5.74, 6) is -0.891. The summed E-state index contributed by atoms with van der Waals surface area (Å²) in [4.78, 5) is 62.8. The minimum absolute atomic E-state index is 0.0173. The Morgan fingerprint density at radius 3 is 2.21 bits per heavy atom. The lowest BCUT2D eigenvalue weighted by molar-refractivity contribution is -0.139. The molecule has 4 aliphatic rings. The molecular formula is C35H45Br2N7O4. The molecule has 4 heterocycles. The third-order valence-electron chi connectivity index (χ3n) is 10.6. The fourth-order valence-corrected chi connectivity index (χ4v) is 8.75. The molecular weight excluding hydrogens is 742 g/mol. The van der Waals surface area contributed by atoms with E-state index in [0.29, 0.717) is 58.7 Å². The standard InChI is InChI=1S/C35H45Br2N7O4/c1-41-12-8-25(9-13-41)42-14-6-22(7-15-42)33(46)39-30(20-31(45)24-18-27(36)32(38)28(37)19-24)34(47)43-16-10-26(11-17-43)44-21-23-4-2-3-5-29(23)40-35(44)48/h2-5,18-19,22,25-26,30H,6-17,20-21,38H2,1H3,(H,39,46)(H,40,48)/t30-/m1/s1. The van der Waals surface area contributed by atoms with E-state index in [1.54, 1.807) is 17.0 Å². The zero-order valence-corrected chi connectivity index (χ0v) is 30.6. The van der Waals surface area contributed by atoms with Crippen LogP contribution < -0.4 is 16.4 Å². The highest BCUT2D eigenvalue weighted by molar-refractivity contribution is 9.11. The van der Waals surface area contributed by atoms with Crippen molar-refractivity contribution in [2.75, 3.05) is 57.4 Å². The van der Waals surface area contributed by atoms with E-state index in [2.05, 4.69) is 59.3 Å². The van der Waals surface area contributed by atoms with Gasteiger partial charge >= 0.3 is 6.03 Å². The maximum absolute atomic E-state index is 14.1. The van der Waals surface area contributed by atoms with E-state index < -0.39 is 6.04 Å². The van der Waals surface area contributed by atoms with Crippen molar-refractivity contribution in [2.45, 2.75) is 69.6 Å². The number of ketones is 1. The van der Waals surface area contributed by atoms with Gasteiger partial charge in [0.15, 0.2) is 5.78 Å². The van der Waals surface area contributed by atoms with E-state index in [1.807, 2.05) is 29.2 Å². The second kappa shape index (κ2) is 15.3. The maximum Gasteiger partial charge on any atom is 0.322 e. The number of nitrogens with one attached hydrogen (secondary N) is 2. The van der Waals surface area contributed by atoms with E-state index in [0.717, 1.165) is 63.1 Å². The number of fused-ring (bicyclic) bond motifs is 1. The van der Waals surface area contributed by atoms with Crippen LogP contribution >= 0.6 is 31.9 Å². The van der Waals surface area contributed by atoms with Crippen molar-refractivity contribution in [3.63, 3.8) is 0 Å². The maximum atomic E-state index is 14.1. The number of hydrogen-bond acceptors (Lipinski definition) is 7. The third kappa shape index (κ3) is 7.90.